The maximum atomic E-state index is 13.8. The van der Waals surface area contributed by atoms with E-state index in [1.54, 1.807) is 0 Å². The van der Waals surface area contributed by atoms with Gasteiger partial charge in [-0.1, -0.05) is 17.3 Å². The van der Waals surface area contributed by atoms with E-state index >= 15 is 0 Å². The number of para-hydroxylation sites is 2. The number of nitrogens with zero attached hydrogens (tertiary/aromatic N) is 2. The van der Waals surface area contributed by atoms with Crippen LogP contribution in [0.5, 0.6) is 0 Å². The number of nitrogens with one attached hydrogen (secondary N) is 2. The van der Waals surface area contributed by atoms with Crippen LogP contribution in [0, 0.1) is 11.6 Å². The fourth-order valence-corrected chi connectivity index (χ4v) is 2.71. The van der Waals surface area contributed by atoms with Gasteiger partial charge in [0.05, 0.1) is 16.6 Å². The lowest BCUT2D eigenvalue weighted by Crippen LogP contribution is -2.26. The van der Waals surface area contributed by atoms with E-state index in [1.807, 2.05) is 24.3 Å². The molecule has 2 aromatic carbocycles. The molecule has 4 rings (SSSR count). The average Bonchev–Trinajstić information content (AvgIpc) is 3.28. The Labute approximate surface area is 152 Å². The summed E-state index contributed by atoms with van der Waals surface area (Å²) in [4.78, 5) is 19.8. The fraction of sp³-hybridized carbons (Fsp3) is 0.105. The van der Waals surface area contributed by atoms with E-state index in [1.165, 1.54) is 12.1 Å². The monoisotopic (exact) mass is 368 g/mol. The highest BCUT2D eigenvalue weighted by Gasteiger charge is 2.16. The van der Waals surface area contributed by atoms with Crippen LogP contribution >= 0.6 is 0 Å². The molecule has 27 heavy (non-hydrogen) atoms. The number of H-pyrrole nitrogens is 1. The minimum atomic E-state index is -0.789. The standard InChI is InChI=1S/C19H14F2N4O2/c20-11-5-6-12(13(21)9-11)17-10-16(25-27-17)19(26)22-8-7-18-23-14-3-1-2-4-15(14)24-18/h1-6,9-10H,7-8H2,(H,22,26)(H,23,24). The van der Waals surface area contributed by atoms with E-state index in [9.17, 15) is 13.6 Å². The molecule has 0 aliphatic rings. The second-order valence-corrected chi connectivity index (χ2v) is 5.91. The second kappa shape index (κ2) is 6.99. The molecule has 0 spiro atoms. The van der Waals surface area contributed by atoms with Crippen molar-refractivity contribution >= 4 is 16.9 Å². The molecule has 8 heteroatoms. The van der Waals surface area contributed by atoms with Crippen molar-refractivity contribution in [2.24, 2.45) is 0 Å². The minimum Gasteiger partial charge on any atom is -0.355 e. The van der Waals surface area contributed by atoms with Crippen molar-refractivity contribution in [2.45, 2.75) is 6.42 Å². The van der Waals surface area contributed by atoms with Crippen molar-refractivity contribution in [3.8, 4) is 11.3 Å². The number of hydrogen-bond acceptors (Lipinski definition) is 4. The van der Waals surface area contributed by atoms with Crippen LogP contribution in [-0.4, -0.2) is 27.6 Å². The maximum Gasteiger partial charge on any atom is 0.273 e. The summed E-state index contributed by atoms with van der Waals surface area (Å²) in [6, 6.07) is 12.0. The van der Waals surface area contributed by atoms with Crippen molar-refractivity contribution in [1.82, 2.24) is 20.4 Å². The lowest BCUT2D eigenvalue weighted by Gasteiger charge is -2.00. The number of aromatic nitrogens is 3. The van der Waals surface area contributed by atoms with Gasteiger partial charge in [0.15, 0.2) is 11.5 Å². The lowest BCUT2D eigenvalue weighted by molar-refractivity contribution is 0.0945. The molecule has 0 saturated heterocycles. The Balaban J connectivity index is 1.39. The number of halogens is 2. The van der Waals surface area contributed by atoms with Gasteiger partial charge in [0.25, 0.3) is 5.91 Å². The molecule has 0 aliphatic heterocycles. The SMILES string of the molecule is O=C(NCCc1nc2ccccc2[nH]1)c1cc(-c2ccc(F)cc2F)on1. The highest BCUT2D eigenvalue weighted by molar-refractivity contribution is 5.93. The second-order valence-electron chi connectivity index (χ2n) is 5.91. The third kappa shape index (κ3) is 3.55. The third-order valence-corrected chi connectivity index (χ3v) is 4.03. The van der Waals surface area contributed by atoms with Crippen LogP contribution in [0.4, 0.5) is 8.78 Å². The number of amides is 1. The number of imidazole rings is 1. The summed E-state index contributed by atoms with van der Waals surface area (Å²) in [6.45, 7) is 0.339. The Morgan fingerprint density at radius 1 is 1.15 bits per heavy atom. The Hall–Kier alpha value is -3.55. The first-order valence-corrected chi connectivity index (χ1v) is 8.24. The molecule has 0 saturated carbocycles. The van der Waals surface area contributed by atoms with Gasteiger partial charge in [0.2, 0.25) is 0 Å². The minimum absolute atomic E-state index is 0.0123. The molecule has 0 aliphatic carbocycles. The number of fused-ring (bicyclic) bond motifs is 1. The van der Waals surface area contributed by atoms with Crippen LogP contribution in [0.15, 0.2) is 53.1 Å². The Bertz CT molecular complexity index is 1090. The number of carbonyl (C=O) groups is 1. The van der Waals surface area contributed by atoms with Crippen molar-refractivity contribution in [1.29, 1.82) is 0 Å². The van der Waals surface area contributed by atoms with Gasteiger partial charge in [-0.25, -0.2) is 13.8 Å². The van der Waals surface area contributed by atoms with Gasteiger partial charge in [0.1, 0.15) is 17.5 Å². The van der Waals surface area contributed by atoms with E-state index in [4.69, 9.17) is 4.52 Å². The highest BCUT2D eigenvalue weighted by atomic mass is 19.1. The summed E-state index contributed by atoms with van der Waals surface area (Å²) in [6.07, 6.45) is 0.512. The summed E-state index contributed by atoms with van der Waals surface area (Å²) >= 11 is 0. The van der Waals surface area contributed by atoms with Gasteiger partial charge in [0, 0.05) is 25.1 Å². The molecule has 0 unspecified atom stereocenters. The van der Waals surface area contributed by atoms with Crippen molar-refractivity contribution < 1.29 is 18.1 Å². The van der Waals surface area contributed by atoms with E-state index in [2.05, 4.69) is 20.4 Å². The van der Waals surface area contributed by atoms with E-state index < -0.39 is 17.5 Å². The Morgan fingerprint density at radius 2 is 2.00 bits per heavy atom. The van der Waals surface area contributed by atoms with Crippen LogP contribution in [0.2, 0.25) is 0 Å². The average molecular weight is 368 g/mol. The molecule has 0 bridgehead atoms. The molecule has 6 nitrogen and oxygen atoms in total. The largest absolute Gasteiger partial charge is 0.355 e. The van der Waals surface area contributed by atoms with Gasteiger partial charge in [-0.15, -0.1) is 0 Å². The molecular weight excluding hydrogens is 354 g/mol. The Morgan fingerprint density at radius 3 is 2.81 bits per heavy atom. The van der Waals surface area contributed by atoms with Crippen LogP contribution < -0.4 is 5.32 Å². The highest BCUT2D eigenvalue weighted by Crippen LogP contribution is 2.24. The van der Waals surface area contributed by atoms with Gasteiger partial charge in [-0.05, 0) is 24.3 Å². The number of rotatable bonds is 5. The first-order chi connectivity index (χ1) is 13.1. The molecule has 2 aromatic heterocycles. The van der Waals surface area contributed by atoms with E-state index in [-0.39, 0.29) is 17.0 Å². The summed E-state index contributed by atoms with van der Waals surface area (Å²) in [5.74, 6) is -1.13. The smallest absolute Gasteiger partial charge is 0.273 e. The summed E-state index contributed by atoms with van der Waals surface area (Å²) in [5, 5.41) is 6.35. The van der Waals surface area contributed by atoms with Gasteiger partial charge in [-0.2, -0.15) is 0 Å². The topological polar surface area (TPSA) is 83.8 Å². The molecule has 0 radical (unpaired) electrons. The summed E-state index contributed by atoms with van der Waals surface area (Å²) in [5.41, 5.74) is 1.84. The molecule has 4 aromatic rings. The molecule has 2 heterocycles. The molecule has 0 atom stereocenters. The van der Waals surface area contributed by atoms with Crippen LogP contribution in [-0.2, 0) is 6.42 Å². The van der Waals surface area contributed by atoms with E-state index in [0.717, 1.165) is 29.0 Å². The Kier molecular flexibility index (Phi) is 4.37. The summed E-state index contributed by atoms with van der Waals surface area (Å²) < 4.78 is 31.8. The van der Waals surface area contributed by atoms with Gasteiger partial charge in [-0.3, -0.25) is 4.79 Å². The zero-order chi connectivity index (χ0) is 18.8. The first-order valence-electron chi connectivity index (χ1n) is 8.24. The molecule has 2 N–H and O–H groups in total. The van der Waals surface area contributed by atoms with Crippen LogP contribution in [0.1, 0.15) is 16.3 Å². The number of benzene rings is 2. The fourth-order valence-electron chi connectivity index (χ4n) is 2.71. The molecular formula is C19H14F2N4O2. The van der Waals surface area contributed by atoms with Crippen molar-refractivity contribution in [2.75, 3.05) is 6.54 Å². The van der Waals surface area contributed by atoms with Crippen molar-refractivity contribution in [3.63, 3.8) is 0 Å². The van der Waals surface area contributed by atoms with Crippen LogP contribution in [0.25, 0.3) is 22.4 Å². The maximum absolute atomic E-state index is 13.8. The molecule has 0 fully saturated rings. The zero-order valence-corrected chi connectivity index (χ0v) is 14.0. The number of hydrogen-bond donors (Lipinski definition) is 2. The lowest BCUT2D eigenvalue weighted by atomic mass is 10.1. The third-order valence-electron chi connectivity index (χ3n) is 4.03. The van der Waals surface area contributed by atoms with Gasteiger partial charge < -0.3 is 14.8 Å². The number of aromatic amines is 1. The van der Waals surface area contributed by atoms with Crippen LogP contribution in [0.3, 0.4) is 0 Å². The van der Waals surface area contributed by atoms with E-state index in [0.29, 0.717) is 13.0 Å². The first kappa shape index (κ1) is 16.9. The zero-order valence-electron chi connectivity index (χ0n) is 14.0. The predicted octanol–water partition coefficient (Wildman–Crippen LogP) is 3.47. The normalized spacial score (nSPS) is 11.0. The quantitative estimate of drug-likeness (QED) is 0.565. The molecule has 1 amide bonds. The number of carbonyl (C=O) groups excluding carboxylic acids is 1. The molecule has 136 valence electrons. The van der Waals surface area contributed by atoms with Gasteiger partial charge >= 0.3 is 0 Å². The van der Waals surface area contributed by atoms with Crippen molar-refractivity contribution in [3.05, 3.63) is 71.7 Å². The predicted molar refractivity (Wildman–Crippen MR) is 94.0 cm³/mol. The summed E-state index contributed by atoms with van der Waals surface area (Å²) in [7, 11) is 0.